The lowest BCUT2D eigenvalue weighted by atomic mass is 9.92. The van der Waals surface area contributed by atoms with E-state index in [0.29, 0.717) is 9.85 Å². The van der Waals surface area contributed by atoms with Gasteiger partial charge in [-0.1, -0.05) is 59.3 Å². The van der Waals surface area contributed by atoms with Gasteiger partial charge in [0.1, 0.15) is 5.75 Å². The highest BCUT2D eigenvalue weighted by Gasteiger charge is 2.22. The van der Waals surface area contributed by atoms with Crippen molar-refractivity contribution in [1.82, 2.24) is 0 Å². The summed E-state index contributed by atoms with van der Waals surface area (Å²) in [7, 11) is 1.65. The quantitative estimate of drug-likeness (QED) is 0.506. The SMILES string of the molecule is COc1ccc(C(Br)C2CCCCCC2)cc1Cl. The van der Waals surface area contributed by atoms with Crippen LogP contribution in [0.2, 0.25) is 5.02 Å². The van der Waals surface area contributed by atoms with Gasteiger partial charge in [-0.05, 0) is 36.5 Å². The fourth-order valence-corrected chi connectivity index (χ4v) is 3.81. The molecule has 2 rings (SSSR count). The van der Waals surface area contributed by atoms with Crippen molar-refractivity contribution in [2.45, 2.75) is 43.4 Å². The van der Waals surface area contributed by atoms with Crippen LogP contribution in [0, 0.1) is 5.92 Å². The molecule has 18 heavy (non-hydrogen) atoms. The predicted molar refractivity (Wildman–Crippen MR) is 80.9 cm³/mol. The third-order valence-corrected chi connectivity index (χ3v) is 5.38. The maximum absolute atomic E-state index is 6.20. The molecule has 1 aromatic carbocycles. The van der Waals surface area contributed by atoms with E-state index in [2.05, 4.69) is 22.0 Å². The molecule has 1 aromatic rings. The van der Waals surface area contributed by atoms with Crippen molar-refractivity contribution >= 4 is 27.5 Å². The lowest BCUT2D eigenvalue weighted by Gasteiger charge is -2.21. The van der Waals surface area contributed by atoms with Crippen LogP contribution in [0.15, 0.2) is 18.2 Å². The van der Waals surface area contributed by atoms with Gasteiger partial charge >= 0.3 is 0 Å². The Kier molecular flexibility index (Phi) is 5.38. The first-order valence-electron chi connectivity index (χ1n) is 6.70. The molecule has 1 unspecified atom stereocenters. The van der Waals surface area contributed by atoms with E-state index in [1.165, 1.54) is 44.1 Å². The largest absolute Gasteiger partial charge is 0.495 e. The second-order valence-electron chi connectivity index (χ2n) is 5.05. The van der Waals surface area contributed by atoms with Crippen molar-refractivity contribution in [1.29, 1.82) is 0 Å². The lowest BCUT2D eigenvalue weighted by Crippen LogP contribution is -2.06. The monoisotopic (exact) mass is 330 g/mol. The minimum absolute atomic E-state index is 0.416. The Morgan fingerprint density at radius 1 is 1.22 bits per heavy atom. The van der Waals surface area contributed by atoms with Crippen LogP contribution in [0.5, 0.6) is 5.75 Å². The summed E-state index contributed by atoms with van der Waals surface area (Å²) in [6.07, 6.45) is 8.13. The first kappa shape index (κ1) is 14.2. The van der Waals surface area contributed by atoms with Crippen molar-refractivity contribution < 1.29 is 4.74 Å². The van der Waals surface area contributed by atoms with E-state index in [1.807, 2.05) is 12.1 Å². The molecule has 0 spiro atoms. The second-order valence-corrected chi connectivity index (χ2v) is 6.44. The Hall–Kier alpha value is -0.210. The van der Waals surface area contributed by atoms with E-state index in [1.54, 1.807) is 7.11 Å². The van der Waals surface area contributed by atoms with Gasteiger partial charge < -0.3 is 4.74 Å². The molecule has 0 saturated heterocycles. The van der Waals surface area contributed by atoms with Crippen LogP contribution in [0.1, 0.15) is 48.9 Å². The van der Waals surface area contributed by atoms with Crippen molar-refractivity contribution in [3.05, 3.63) is 28.8 Å². The Morgan fingerprint density at radius 3 is 2.44 bits per heavy atom. The average molecular weight is 332 g/mol. The normalized spacial score (nSPS) is 19.3. The van der Waals surface area contributed by atoms with Gasteiger partial charge in [-0.3, -0.25) is 0 Å². The number of hydrogen-bond donors (Lipinski definition) is 0. The number of halogens is 2. The number of alkyl halides is 1. The fourth-order valence-electron chi connectivity index (χ4n) is 2.73. The Morgan fingerprint density at radius 2 is 1.89 bits per heavy atom. The zero-order chi connectivity index (χ0) is 13.0. The minimum atomic E-state index is 0.416. The maximum atomic E-state index is 6.20. The molecule has 1 aliphatic rings. The third-order valence-electron chi connectivity index (χ3n) is 3.81. The fraction of sp³-hybridized carbons (Fsp3) is 0.600. The number of rotatable bonds is 3. The zero-order valence-corrected chi connectivity index (χ0v) is 13.1. The molecule has 1 saturated carbocycles. The lowest BCUT2D eigenvalue weighted by molar-refractivity contribution is 0.414. The molecule has 0 aliphatic heterocycles. The zero-order valence-electron chi connectivity index (χ0n) is 10.8. The highest BCUT2D eigenvalue weighted by molar-refractivity contribution is 9.09. The molecule has 1 fully saturated rings. The summed E-state index contributed by atoms with van der Waals surface area (Å²) in [6, 6.07) is 6.11. The molecule has 0 radical (unpaired) electrons. The third kappa shape index (κ3) is 3.42. The summed E-state index contributed by atoms with van der Waals surface area (Å²) in [6.45, 7) is 0. The molecule has 1 atom stereocenters. The second kappa shape index (κ2) is 6.81. The molecule has 100 valence electrons. The Labute approximate surface area is 123 Å². The molecular formula is C15H20BrClO. The minimum Gasteiger partial charge on any atom is -0.495 e. The van der Waals surface area contributed by atoms with Gasteiger partial charge in [0.2, 0.25) is 0 Å². The van der Waals surface area contributed by atoms with E-state index < -0.39 is 0 Å². The molecule has 3 heteroatoms. The van der Waals surface area contributed by atoms with Gasteiger partial charge in [0.25, 0.3) is 0 Å². The van der Waals surface area contributed by atoms with Gasteiger partial charge in [-0.25, -0.2) is 0 Å². The van der Waals surface area contributed by atoms with E-state index in [9.17, 15) is 0 Å². The summed E-state index contributed by atoms with van der Waals surface area (Å²) in [5.41, 5.74) is 1.27. The molecule has 0 N–H and O–H groups in total. The van der Waals surface area contributed by atoms with Crippen LogP contribution in [-0.2, 0) is 0 Å². The summed E-state index contributed by atoms with van der Waals surface area (Å²) in [5.74, 6) is 1.48. The predicted octanol–water partition coefficient (Wildman–Crippen LogP) is 5.76. The van der Waals surface area contributed by atoms with Gasteiger partial charge in [-0.2, -0.15) is 0 Å². The molecule has 0 amide bonds. The van der Waals surface area contributed by atoms with E-state index in [4.69, 9.17) is 16.3 Å². The van der Waals surface area contributed by atoms with Crippen LogP contribution in [0.25, 0.3) is 0 Å². The Bertz CT molecular complexity index is 386. The van der Waals surface area contributed by atoms with Crippen molar-refractivity contribution in [2.24, 2.45) is 5.92 Å². The molecule has 0 bridgehead atoms. The van der Waals surface area contributed by atoms with Crippen molar-refractivity contribution in [3.8, 4) is 5.75 Å². The number of hydrogen-bond acceptors (Lipinski definition) is 1. The van der Waals surface area contributed by atoms with Crippen LogP contribution in [-0.4, -0.2) is 7.11 Å². The van der Waals surface area contributed by atoms with Gasteiger partial charge in [0.15, 0.2) is 0 Å². The van der Waals surface area contributed by atoms with E-state index in [0.717, 1.165) is 11.7 Å². The highest BCUT2D eigenvalue weighted by atomic mass is 79.9. The molecule has 1 aliphatic carbocycles. The molecule has 1 nitrogen and oxygen atoms in total. The van der Waals surface area contributed by atoms with Crippen LogP contribution < -0.4 is 4.74 Å². The highest BCUT2D eigenvalue weighted by Crippen LogP contribution is 2.41. The smallest absolute Gasteiger partial charge is 0.137 e. The number of benzene rings is 1. The Balaban J connectivity index is 2.11. The number of methoxy groups -OCH3 is 1. The van der Waals surface area contributed by atoms with Gasteiger partial charge in [0, 0.05) is 4.83 Å². The van der Waals surface area contributed by atoms with Crippen LogP contribution >= 0.6 is 27.5 Å². The van der Waals surface area contributed by atoms with Crippen molar-refractivity contribution in [3.63, 3.8) is 0 Å². The standard InChI is InChI=1S/C15H20BrClO/c1-18-14-9-8-12(10-13(14)17)15(16)11-6-4-2-3-5-7-11/h8-11,15H,2-7H2,1H3. The topological polar surface area (TPSA) is 9.23 Å². The first-order chi connectivity index (χ1) is 8.72. The van der Waals surface area contributed by atoms with Crippen molar-refractivity contribution in [2.75, 3.05) is 7.11 Å². The average Bonchev–Trinajstić information content (AvgIpc) is 2.66. The van der Waals surface area contributed by atoms with Gasteiger partial charge in [0.05, 0.1) is 12.1 Å². The summed E-state index contributed by atoms with van der Waals surface area (Å²) in [5, 5.41) is 0.702. The first-order valence-corrected chi connectivity index (χ1v) is 7.99. The van der Waals surface area contributed by atoms with E-state index >= 15 is 0 Å². The summed E-state index contributed by atoms with van der Waals surface area (Å²) in [4.78, 5) is 0.416. The number of ether oxygens (including phenoxy) is 1. The molecular weight excluding hydrogens is 312 g/mol. The maximum Gasteiger partial charge on any atom is 0.137 e. The summed E-state index contributed by atoms with van der Waals surface area (Å²) < 4.78 is 5.20. The molecule has 0 aromatic heterocycles. The summed E-state index contributed by atoms with van der Waals surface area (Å²) >= 11 is 10.1. The molecule has 0 heterocycles. The van der Waals surface area contributed by atoms with Crippen LogP contribution in [0.4, 0.5) is 0 Å². The van der Waals surface area contributed by atoms with E-state index in [-0.39, 0.29) is 0 Å². The van der Waals surface area contributed by atoms with Crippen LogP contribution in [0.3, 0.4) is 0 Å². The van der Waals surface area contributed by atoms with Gasteiger partial charge in [-0.15, -0.1) is 0 Å².